The van der Waals surface area contributed by atoms with Gasteiger partial charge in [0.05, 0.1) is 16.6 Å². The van der Waals surface area contributed by atoms with Crippen LogP contribution in [0.25, 0.3) is 21.9 Å². The van der Waals surface area contributed by atoms with Crippen LogP contribution in [0.2, 0.25) is 0 Å². The van der Waals surface area contributed by atoms with Crippen molar-refractivity contribution in [3.05, 3.63) is 94.0 Å². The van der Waals surface area contributed by atoms with Crippen LogP contribution in [0.15, 0.2) is 76.0 Å². The molecule has 1 fully saturated rings. The number of anilines is 1. The van der Waals surface area contributed by atoms with Crippen molar-refractivity contribution in [1.82, 2.24) is 5.16 Å². The molecule has 40 heavy (non-hydrogen) atoms. The summed E-state index contributed by atoms with van der Waals surface area (Å²) in [5.41, 5.74) is 0.0197. The largest absolute Gasteiger partial charge is 0.416 e. The first-order valence-electron chi connectivity index (χ1n) is 12.8. The summed E-state index contributed by atoms with van der Waals surface area (Å²) in [5, 5.41) is 19.4. The Bertz CT molecular complexity index is 1580. The number of fused-ring (bicyclic) bond motifs is 1. The van der Waals surface area contributed by atoms with Crippen molar-refractivity contribution >= 4 is 34.1 Å². The lowest BCUT2D eigenvalue weighted by molar-refractivity contribution is -0.140. The van der Waals surface area contributed by atoms with Crippen LogP contribution < -0.4 is 10.9 Å². The number of aryl methyl sites for hydroxylation is 1. The van der Waals surface area contributed by atoms with Gasteiger partial charge in [-0.05, 0) is 84.2 Å². The van der Waals surface area contributed by atoms with E-state index in [-0.39, 0.29) is 12.3 Å². The van der Waals surface area contributed by atoms with Crippen LogP contribution in [-0.4, -0.2) is 33.3 Å². The number of aromatic nitrogens is 1. The average molecular weight is 569 g/mol. The quantitative estimate of drug-likeness (QED) is 0.286. The maximum atomic E-state index is 13.7. The van der Waals surface area contributed by atoms with Crippen molar-refractivity contribution < 1.29 is 27.6 Å². The van der Waals surface area contributed by atoms with Crippen molar-refractivity contribution in [1.29, 1.82) is 0 Å². The molecule has 5 rings (SSSR count). The topological polar surface area (TPSA) is 92.4 Å². The molecule has 4 aromatic rings. The standard InChI is InChI=1S/C30H27F3N2O4S/c1-18-26-16-24(10-11-25(26)27(36)39-35-18)34-28(37)29(38,22-12-14-40-15-13-22)17-19-2-4-20(5-3-19)21-6-8-23(9-7-21)30(31,32)33/h2-11,16,22,38H,12-15,17H2,1H3,(H,34,37). The summed E-state index contributed by atoms with van der Waals surface area (Å²) in [7, 11) is 0. The van der Waals surface area contributed by atoms with E-state index < -0.39 is 28.9 Å². The molecule has 0 radical (unpaired) electrons. The van der Waals surface area contributed by atoms with Crippen LogP contribution in [0, 0.1) is 12.8 Å². The van der Waals surface area contributed by atoms with Gasteiger partial charge in [0.15, 0.2) is 0 Å². The highest BCUT2D eigenvalue weighted by Crippen LogP contribution is 2.36. The average Bonchev–Trinajstić information content (AvgIpc) is 2.95. The van der Waals surface area contributed by atoms with E-state index in [4.69, 9.17) is 4.52 Å². The minimum atomic E-state index is -4.40. The number of nitrogens with one attached hydrogen (secondary N) is 1. The highest BCUT2D eigenvalue weighted by Gasteiger charge is 2.44. The molecular formula is C30H27F3N2O4S. The van der Waals surface area contributed by atoms with E-state index in [9.17, 15) is 27.9 Å². The SMILES string of the molecule is Cc1noc(=O)c2ccc(NC(=O)C(O)(Cc3ccc(-c4ccc(C(F)(F)F)cc4)cc3)C3CCSCC3)cc12. The zero-order valence-electron chi connectivity index (χ0n) is 21.6. The third kappa shape index (κ3) is 5.78. The number of thioether (sulfide) groups is 1. The first kappa shape index (κ1) is 27.9. The van der Waals surface area contributed by atoms with Gasteiger partial charge in [-0.2, -0.15) is 24.9 Å². The Hall–Kier alpha value is -3.63. The van der Waals surface area contributed by atoms with Gasteiger partial charge in [-0.1, -0.05) is 41.6 Å². The molecule has 1 aliphatic rings. The molecule has 1 aliphatic heterocycles. The van der Waals surface area contributed by atoms with Crippen LogP contribution in [0.5, 0.6) is 0 Å². The molecular weight excluding hydrogens is 541 g/mol. The minimum absolute atomic E-state index is 0.0687. The van der Waals surface area contributed by atoms with Crippen molar-refractivity contribution in [3.63, 3.8) is 0 Å². The second-order valence-electron chi connectivity index (χ2n) is 10.0. The molecule has 0 bridgehead atoms. The van der Waals surface area contributed by atoms with E-state index in [1.54, 1.807) is 61.2 Å². The maximum Gasteiger partial charge on any atom is 0.416 e. The fraction of sp³-hybridized carbons (Fsp3) is 0.300. The second-order valence-corrected chi connectivity index (χ2v) is 11.3. The van der Waals surface area contributed by atoms with E-state index in [1.807, 2.05) is 0 Å². The zero-order chi connectivity index (χ0) is 28.5. The van der Waals surface area contributed by atoms with Crippen molar-refractivity contribution in [2.75, 3.05) is 16.8 Å². The number of benzene rings is 3. The number of hydrogen-bond donors (Lipinski definition) is 2. The molecule has 3 aromatic carbocycles. The number of aliphatic hydroxyl groups is 1. The predicted octanol–water partition coefficient (Wildman–Crippen LogP) is 6.24. The Morgan fingerprint density at radius 2 is 1.62 bits per heavy atom. The van der Waals surface area contributed by atoms with Crippen LogP contribution in [0.1, 0.15) is 29.7 Å². The number of rotatable bonds is 6. The van der Waals surface area contributed by atoms with Gasteiger partial charge in [0.1, 0.15) is 5.60 Å². The Labute approximate surface area is 232 Å². The number of alkyl halides is 3. The molecule has 0 aliphatic carbocycles. The maximum absolute atomic E-state index is 13.7. The number of carbonyl (C=O) groups is 1. The van der Waals surface area contributed by atoms with Crippen molar-refractivity contribution in [2.45, 2.75) is 38.0 Å². The molecule has 10 heteroatoms. The van der Waals surface area contributed by atoms with Gasteiger partial charge in [0, 0.05) is 17.5 Å². The van der Waals surface area contributed by atoms with Crippen LogP contribution in [0.3, 0.4) is 0 Å². The summed E-state index contributed by atoms with van der Waals surface area (Å²) >= 11 is 1.78. The van der Waals surface area contributed by atoms with Gasteiger partial charge in [-0.25, -0.2) is 4.79 Å². The Morgan fingerprint density at radius 1 is 1.00 bits per heavy atom. The number of nitrogens with zero attached hydrogens (tertiary/aromatic N) is 1. The van der Waals surface area contributed by atoms with Crippen molar-refractivity contribution in [2.24, 2.45) is 5.92 Å². The summed E-state index contributed by atoms with van der Waals surface area (Å²) < 4.78 is 43.5. The smallest absolute Gasteiger partial charge is 0.379 e. The molecule has 1 amide bonds. The number of halogens is 3. The molecule has 0 spiro atoms. The molecule has 2 heterocycles. The van der Waals surface area contributed by atoms with Crippen LogP contribution >= 0.6 is 11.8 Å². The lowest BCUT2D eigenvalue weighted by atomic mass is 9.78. The Morgan fingerprint density at radius 3 is 2.25 bits per heavy atom. The number of hydrogen-bond acceptors (Lipinski definition) is 6. The Balaban J connectivity index is 1.39. The zero-order valence-corrected chi connectivity index (χ0v) is 22.4. The molecule has 1 aromatic heterocycles. The van der Waals surface area contributed by atoms with Gasteiger partial charge < -0.3 is 14.9 Å². The van der Waals surface area contributed by atoms with Gasteiger partial charge in [-0.3, -0.25) is 4.79 Å². The number of carbonyl (C=O) groups excluding carboxylic acids is 1. The summed E-state index contributed by atoms with van der Waals surface area (Å²) in [6.07, 6.45) is -2.97. The van der Waals surface area contributed by atoms with Gasteiger partial charge in [0.2, 0.25) is 0 Å². The summed E-state index contributed by atoms with van der Waals surface area (Å²) in [5.74, 6) is 0.872. The van der Waals surface area contributed by atoms with Crippen LogP contribution in [0.4, 0.5) is 18.9 Å². The molecule has 2 N–H and O–H groups in total. The lowest BCUT2D eigenvalue weighted by Gasteiger charge is -2.37. The number of amides is 1. The molecule has 6 nitrogen and oxygen atoms in total. The third-order valence-electron chi connectivity index (χ3n) is 7.42. The summed E-state index contributed by atoms with van der Waals surface area (Å²) in [6.45, 7) is 1.70. The highest BCUT2D eigenvalue weighted by atomic mass is 32.2. The first-order chi connectivity index (χ1) is 19.0. The van der Waals surface area contributed by atoms with E-state index in [0.717, 1.165) is 34.8 Å². The molecule has 1 unspecified atom stereocenters. The van der Waals surface area contributed by atoms with Gasteiger partial charge in [0.25, 0.3) is 5.91 Å². The monoisotopic (exact) mass is 568 g/mol. The van der Waals surface area contributed by atoms with Crippen molar-refractivity contribution in [3.8, 4) is 11.1 Å². The fourth-order valence-electron chi connectivity index (χ4n) is 5.11. The fourth-order valence-corrected chi connectivity index (χ4v) is 6.22. The Kier molecular flexibility index (Phi) is 7.74. The molecule has 1 saturated heterocycles. The van der Waals surface area contributed by atoms with E-state index >= 15 is 0 Å². The van der Waals surface area contributed by atoms with Gasteiger partial charge >= 0.3 is 11.8 Å². The van der Waals surface area contributed by atoms with Crippen LogP contribution in [-0.2, 0) is 17.4 Å². The molecule has 1 atom stereocenters. The van der Waals surface area contributed by atoms with E-state index in [2.05, 4.69) is 10.5 Å². The predicted molar refractivity (Wildman–Crippen MR) is 149 cm³/mol. The third-order valence-corrected chi connectivity index (χ3v) is 8.46. The highest BCUT2D eigenvalue weighted by molar-refractivity contribution is 7.99. The van der Waals surface area contributed by atoms with Gasteiger partial charge in [-0.15, -0.1) is 0 Å². The first-order valence-corrected chi connectivity index (χ1v) is 14.0. The summed E-state index contributed by atoms with van der Waals surface area (Å²) in [6, 6.07) is 16.8. The molecule has 208 valence electrons. The second kappa shape index (κ2) is 11.1. The van der Waals surface area contributed by atoms with E-state index in [0.29, 0.717) is 40.6 Å². The molecule has 0 saturated carbocycles. The minimum Gasteiger partial charge on any atom is -0.379 e. The normalized spacial score (nSPS) is 16.0. The summed E-state index contributed by atoms with van der Waals surface area (Å²) in [4.78, 5) is 25.7. The lowest BCUT2D eigenvalue weighted by Crippen LogP contribution is -2.52. The van der Waals surface area contributed by atoms with E-state index in [1.165, 1.54) is 12.1 Å².